The first-order valence-electron chi connectivity index (χ1n) is 10.9. The highest BCUT2D eigenvalue weighted by Crippen LogP contribution is 2.22. The second kappa shape index (κ2) is 13.5. The summed E-state index contributed by atoms with van der Waals surface area (Å²) in [5.74, 6) is 1.23. The van der Waals surface area contributed by atoms with Gasteiger partial charge in [-0.25, -0.2) is 0 Å². The predicted molar refractivity (Wildman–Crippen MR) is 127 cm³/mol. The van der Waals surface area contributed by atoms with E-state index in [-0.39, 0.29) is 30.7 Å². The molecule has 0 radical (unpaired) electrons. The van der Waals surface area contributed by atoms with Crippen LogP contribution in [-0.4, -0.2) is 49.2 Å². The molecule has 0 aliphatic carbocycles. The van der Waals surface area contributed by atoms with Gasteiger partial charge < -0.3 is 15.4 Å². The first-order valence-corrected chi connectivity index (χ1v) is 10.9. The summed E-state index contributed by atoms with van der Waals surface area (Å²) in [6.07, 6.45) is 3.68. The number of amides is 1. The Morgan fingerprint density at radius 3 is 2.40 bits per heavy atom. The third kappa shape index (κ3) is 8.72. The predicted octanol–water partition coefficient (Wildman–Crippen LogP) is 3.78. The smallest absolute Gasteiger partial charge is 0.220 e. The zero-order valence-electron chi connectivity index (χ0n) is 18.6. The molecule has 2 heterocycles. The highest BCUT2D eigenvalue weighted by Gasteiger charge is 2.23. The van der Waals surface area contributed by atoms with Gasteiger partial charge >= 0.3 is 0 Å². The fourth-order valence-corrected chi connectivity index (χ4v) is 4.53. The van der Waals surface area contributed by atoms with Gasteiger partial charge in [-0.15, -0.1) is 24.8 Å². The lowest BCUT2D eigenvalue weighted by atomic mass is 9.85. The summed E-state index contributed by atoms with van der Waals surface area (Å²) in [5.41, 5.74) is 2.47. The van der Waals surface area contributed by atoms with Crippen molar-refractivity contribution in [2.24, 2.45) is 11.8 Å². The lowest BCUT2D eigenvalue weighted by molar-refractivity contribution is -0.122. The number of rotatable bonds is 7. The lowest BCUT2D eigenvalue weighted by Crippen LogP contribution is -2.44. The number of hydrogen-bond donors (Lipinski definition) is 2. The van der Waals surface area contributed by atoms with Gasteiger partial charge in [0, 0.05) is 32.6 Å². The number of piperidine rings is 1. The molecule has 2 aliphatic rings. The molecule has 2 N–H and O–H groups in total. The van der Waals surface area contributed by atoms with Crippen LogP contribution >= 0.6 is 24.8 Å². The van der Waals surface area contributed by atoms with Gasteiger partial charge in [0.15, 0.2) is 0 Å². The van der Waals surface area contributed by atoms with Gasteiger partial charge in [-0.3, -0.25) is 9.69 Å². The van der Waals surface area contributed by atoms with E-state index in [1.165, 1.54) is 18.4 Å². The third-order valence-corrected chi connectivity index (χ3v) is 6.06. The SMILES string of the molecule is CC1CN(Cc2ccc(CNC(=O)CC(C)C3CCCNC3)cc2)CC(C)O1.Cl.Cl. The van der Waals surface area contributed by atoms with Crippen LogP contribution < -0.4 is 10.6 Å². The summed E-state index contributed by atoms with van der Waals surface area (Å²) in [6.45, 7) is 12.2. The van der Waals surface area contributed by atoms with E-state index in [9.17, 15) is 4.79 Å². The number of benzene rings is 1. The van der Waals surface area contributed by atoms with Crippen LogP contribution in [0.2, 0.25) is 0 Å². The van der Waals surface area contributed by atoms with Crippen molar-refractivity contribution >= 4 is 30.7 Å². The van der Waals surface area contributed by atoms with Gasteiger partial charge in [0.05, 0.1) is 12.2 Å². The van der Waals surface area contributed by atoms with E-state index in [4.69, 9.17) is 4.74 Å². The number of hydrogen-bond acceptors (Lipinski definition) is 4. The van der Waals surface area contributed by atoms with Gasteiger partial charge in [-0.05, 0) is 62.7 Å². The van der Waals surface area contributed by atoms with Crippen LogP contribution in [0.25, 0.3) is 0 Å². The molecule has 1 aromatic carbocycles. The molecule has 0 aromatic heterocycles. The second-order valence-corrected chi connectivity index (χ2v) is 8.83. The molecule has 1 aromatic rings. The van der Waals surface area contributed by atoms with Crippen molar-refractivity contribution in [1.29, 1.82) is 0 Å². The van der Waals surface area contributed by atoms with Crippen molar-refractivity contribution in [1.82, 2.24) is 15.5 Å². The number of nitrogens with zero attached hydrogens (tertiary/aromatic N) is 1. The minimum absolute atomic E-state index is 0. The van der Waals surface area contributed by atoms with Gasteiger partial charge in [-0.2, -0.15) is 0 Å². The summed E-state index contributed by atoms with van der Waals surface area (Å²) in [7, 11) is 0. The van der Waals surface area contributed by atoms with Gasteiger partial charge in [0.25, 0.3) is 0 Å². The standard InChI is InChI=1S/C23H37N3O2.2ClH/c1-17(22-5-4-10-24-13-22)11-23(27)25-12-20-6-8-21(9-7-20)16-26-14-18(2)28-19(3)15-26;;/h6-9,17-19,22,24H,4-5,10-16H2,1-3H3,(H,25,27);2*1H. The summed E-state index contributed by atoms with van der Waals surface area (Å²) in [6, 6.07) is 8.64. The normalized spacial score (nSPS) is 25.5. The van der Waals surface area contributed by atoms with Crippen LogP contribution in [-0.2, 0) is 22.6 Å². The number of halogens is 2. The number of carbonyl (C=O) groups excluding carboxylic acids is 1. The van der Waals surface area contributed by atoms with E-state index in [0.717, 1.165) is 38.3 Å². The number of ether oxygens (including phenoxy) is 1. The van der Waals surface area contributed by atoms with Crippen molar-refractivity contribution < 1.29 is 9.53 Å². The van der Waals surface area contributed by atoms with Gasteiger partial charge in [0.2, 0.25) is 5.91 Å². The Morgan fingerprint density at radius 1 is 1.17 bits per heavy atom. The monoisotopic (exact) mass is 459 g/mol. The molecule has 7 heteroatoms. The molecular formula is C23H39Cl2N3O2. The molecule has 1 amide bonds. The van der Waals surface area contributed by atoms with E-state index in [0.29, 0.717) is 37.0 Å². The Kier molecular flexibility index (Phi) is 12.3. The van der Waals surface area contributed by atoms with Crippen LogP contribution in [0.3, 0.4) is 0 Å². The molecule has 0 bridgehead atoms. The van der Waals surface area contributed by atoms with Crippen molar-refractivity contribution in [3.63, 3.8) is 0 Å². The van der Waals surface area contributed by atoms with E-state index in [1.807, 2.05) is 0 Å². The molecular weight excluding hydrogens is 421 g/mol. The van der Waals surface area contributed by atoms with Crippen molar-refractivity contribution in [3.05, 3.63) is 35.4 Å². The third-order valence-electron chi connectivity index (χ3n) is 6.06. The molecule has 2 fully saturated rings. The average molecular weight is 460 g/mol. The van der Waals surface area contributed by atoms with Crippen LogP contribution in [0.15, 0.2) is 24.3 Å². The van der Waals surface area contributed by atoms with E-state index < -0.39 is 0 Å². The van der Waals surface area contributed by atoms with Gasteiger partial charge in [-0.1, -0.05) is 31.2 Å². The molecule has 4 unspecified atom stereocenters. The molecule has 2 aliphatic heterocycles. The van der Waals surface area contributed by atoms with Crippen LogP contribution in [0.1, 0.15) is 51.2 Å². The Balaban J connectivity index is 0.00000225. The fraction of sp³-hybridized carbons (Fsp3) is 0.696. The van der Waals surface area contributed by atoms with Crippen LogP contribution in [0, 0.1) is 11.8 Å². The second-order valence-electron chi connectivity index (χ2n) is 8.83. The van der Waals surface area contributed by atoms with E-state index >= 15 is 0 Å². The maximum Gasteiger partial charge on any atom is 0.220 e. The molecule has 30 heavy (non-hydrogen) atoms. The quantitative estimate of drug-likeness (QED) is 0.651. The van der Waals surface area contributed by atoms with Crippen molar-refractivity contribution in [3.8, 4) is 0 Å². The highest BCUT2D eigenvalue weighted by atomic mass is 35.5. The maximum atomic E-state index is 12.3. The first kappa shape index (κ1) is 27.2. The maximum absolute atomic E-state index is 12.3. The average Bonchev–Trinajstić information content (AvgIpc) is 2.67. The van der Waals surface area contributed by atoms with Crippen molar-refractivity contribution in [2.75, 3.05) is 26.2 Å². The van der Waals surface area contributed by atoms with Crippen LogP contribution in [0.4, 0.5) is 0 Å². The first-order chi connectivity index (χ1) is 13.5. The summed E-state index contributed by atoms with van der Waals surface area (Å²) in [4.78, 5) is 14.8. The fourth-order valence-electron chi connectivity index (χ4n) is 4.53. The summed E-state index contributed by atoms with van der Waals surface area (Å²) in [5, 5.41) is 6.54. The zero-order valence-corrected chi connectivity index (χ0v) is 20.2. The number of carbonyl (C=O) groups is 1. The highest BCUT2D eigenvalue weighted by molar-refractivity contribution is 5.85. The Morgan fingerprint density at radius 2 is 1.80 bits per heavy atom. The molecule has 172 valence electrons. The molecule has 3 rings (SSSR count). The zero-order chi connectivity index (χ0) is 19.9. The Labute approximate surface area is 194 Å². The van der Waals surface area contributed by atoms with E-state index in [1.54, 1.807) is 0 Å². The molecule has 0 spiro atoms. The largest absolute Gasteiger partial charge is 0.373 e. The number of morpholine rings is 1. The Hall–Kier alpha value is -0.850. The summed E-state index contributed by atoms with van der Waals surface area (Å²) >= 11 is 0. The van der Waals surface area contributed by atoms with E-state index in [2.05, 4.69) is 60.6 Å². The van der Waals surface area contributed by atoms with Crippen LogP contribution in [0.5, 0.6) is 0 Å². The minimum Gasteiger partial charge on any atom is -0.373 e. The molecule has 5 nitrogen and oxygen atoms in total. The minimum atomic E-state index is 0. The summed E-state index contributed by atoms with van der Waals surface area (Å²) < 4.78 is 5.81. The van der Waals surface area contributed by atoms with Gasteiger partial charge in [0.1, 0.15) is 0 Å². The molecule has 4 atom stereocenters. The lowest BCUT2D eigenvalue weighted by Gasteiger charge is -2.35. The molecule has 0 saturated carbocycles. The number of nitrogens with one attached hydrogen (secondary N) is 2. The Bertz CT molecular complexity index is 613. The van der Waals surface area contributed by atoms with Crippen molar-refractivity contribution in [2.45, 2.75) is 65.3 Å². The molecule has 2 saturated heterocycles. The topological polar surface area (TPSA) is 53.6 Å².